The Balaban J connectivity index is 4.38. The Kier molecular flexibility index (Phi) is 3.13. The van der Waals surface area contributed by atoms with E-state index in [-0.39, 0.29) is 5.41 Å². The minimum absolute atomic E-state index is 0.210. The van der Waals surface area contributed by atoms with Gasteiger partial charge in [-0.2, -0.15) is 0 Å². The normalized spacial score (nSPS) is 10.6. The second-order valence-corrected chi connectivity index (χ2v) is 3.43. The van der Waals surface area contributed by atoms with E-state index < -0.39 is 5.97 Å². The van der Waals surface area contributed by atoms with Crippen molar-refractivity contribution in [2.45, 2.75) is 27.7 Å². The van der Waals surface area contributed by atoms with E-state index in [0.717, 1.165) is 0 Å². The Hall–Kier alpha value is -0.970. The molecule has 0 aromatic carbocycles. The van der Waals surface area contributed by atoms with Crippen LogP contribution in [0.25, 0.3) is 0 Å². The van der Waals surface area contributed by atoms with Gasteiger partial charge in [0, 0.05) is 11.3 Å². The first-order chi connectivity index (χ1) is 4.86. The summed E-state index contributed by atoms with van der Waals surface area (Å²) in [5.74, 6) is 4.16. The summed E-state index contributed by atoms with van der Waals surface area (Å²) in [6.07, 6.45) is 0. The molecule has 0 saturated heterocycles. The summed E-state index contributed by atoms with van der Waals surface area (Å²) in [5, 5.41) is 8.28. The quantitative estimate of drug-likeness (QED) is 0.584. The zero-order chi connectivity index (χ0) is 9.07. The van der Waals surface area contributed by atoms with Gasteiger partial charge in [-0.25, -0.2) is 4.79 Å². The van der Waals surface area contributed by atoms with Crippen LogP contribution < -0.4 is 0 Å². The predicted octanol–water partition coefficient (Wildman–Crippen LogP) is 1.76. The number of carboxylic acids is 1. The molecule has 1 N–H and O–H groups in total. The molecule has 0 aromatic heterocycles. The largest absolute Gasteiger partial charge is 0.472 e. The molecule has 0 radical (unpaired) electrons. The van der Waals surface area contributed by atoms with Crippen LogP contribution in [-0.2, 0) is 4.79 Å². The van der Waals surface area contributed by atoms with Gasteiger partial charge >= 0.3 is 5.97 Å². The van der Waals surface area contributed by atoms with Crippen LogP contribution in [0.15, 0.2) is 0 Å². The van der Waals surface area contributed by atoms with Gasteiger partial charge in [0.25, 0.3) is 0 Å². The summed E-state index contributed by atoms with van der Waals surface area (Å²) in [5.41, 5.74) is -0.210. The average Bonchev–Trinajstić information content (AvgIpc) is 1.84. The van der Waals surface area contributed by atoms with Gasteiger partial charge in [-0.1, -0.05) is 19.8 Å². The van der Waals surface area contributed by atoms with Crippen molar-refractivity contribution in [3.8, 4) is 11.8 Å². The molecule has 11 heavy (non-hydrogen) atoms. The highest BCUT2D eigenvalue weighted by Gasteiger charge is 2.18. The molecule has 0 atom stereocenters. The lowest BCUT2D eigenvalue weighted by Gasteiger charge is -2.21. The molecule has 0 spiro atoms. The third kappa shape index (κ3) is 3.67. The molecule has 2 nitrogen and oxygen atoms in total. The van der Waals surface area contributed by atoms with Crippen molar-refractivity contribution in [3.63, 3.8) is 0 Å². The summed E-state index contributed by atoms with van der Waals surface area (Å²) < 4.78 is 0. The number of aliphatic carboxylic acids is 1. The van der Waals surface area contributed by atoms with Crippen molar-refractivity contribution >= 4 is 5.97 Å². The molecule has 0 rings (SSSR count). The fraction of sp³-hybridized carbons (Fsp3) is 0.667. The van der Waals surface area contributed by atoms with E-state index in [1.807, 2.05) is 27.7 Å². The fourth-order valence-electron chi connectivity index (χ4n) is 0.359. The van der Waals surface area contributed by atoms with Gasteiger partial charge in [0.05, 0.1) is 0 Å². The molecule has 0 heterocycles. The summed E-state index contributed by atoms with van der Waals surface area (Å²) in [6.45, 7) is 7.92. The Labute approximate surface area is 67.6 Å². The van der Waals surface area contributed by atoms with Gasteiger partial charge in [-0.05, 0) is 19.8 Å². The van der Waals surface area contributed by atoms with Crippen molar-refractivity contribution in [3.05, 3.63) is 0 Å². The van der Waals surface area contributed by atoms with Crippen LogP contribution in [0.1, 0.15) is 27.7 Å². The summed E-state index contributed by atoms with van der Waals surface area (Å²) in [6, 6.07) is 0. The van der Waals surface area contributed by atoms with Crippen LogP contribution in [0.4, 0.5) is 0 Å². The van der Waals surface area contributed by atoms with E-state index in [0.29, 0.717) is 5.92 Å². The van der Waals surface area contributed by atoms with Gasteiger partial charge in [0.2, 0.25) is 0 Å². The van der Waals surface area contributed by atoms with Gasteiger partial charge in [-0.3, -0.25) is 0 Å². The van der Waals surface area contributed by atoms with Gasteiger partial charge in [0.15, 0.2) is 0 Å². The first-order valence-electron chi connectivity index (χ1n) is 3.62. The molecule has 0 aliphatic rings. The number of hydrogen-bond donors (Lipinski definition) is 1. The Morgan fingerprint density at radius 1 is 1.45 bits per heavy atom. The Morgan fingerprint density at radius 2 is 1.91 bits per heavy atom. The van der Waals surface area contributed by atoms with E-state index in [1.54, 1.807) is 0 Å². The maximum atomic E-state index is 10.1. The SMILES string of the molecule is CC(C)C(C)(C)C#CC(=O)O. The monoisotopic (exact) mass is 154 g/mol. The molecule has 0 bridgehead atoms. The minimum Gasteiger partial charge on any atom is -0.472 e. The molecule has 0 aromatic rings. The molecule has 0 fully saturated rings. The van der Waals surface area contributed by atoms with Gasteiger partial charge in [0.1, 0.15) is 0 Å². The molecule has 62 valence electrons. The van der Waals surface area contributed by atoms with E-state index in [4.69, 9.17) is 5.11 Å². The second-order valence-electron chi connectivity index (χ2n) is 3.43. The van der Waals surface area contributed by atoms with Crippen LogP contribution in [0.2, 0.25) is 0 Å². The van der Waals surface area contributed by atoms with Crippen LogP contribution >= 0.6 is 0 Å². The maximum Gasteiger partial charge on any atom is 0.381 e. The lowest BCUT2D eigenvalue weighted by molar-refractivity contribution is -0.130. The van der Waals surface area contributed by atoms with E-state index in [2.05, 4.69) is 11.8 Å². The highest BCUT2D eigenvalue weighted by Crippen LogP contribution is 2.24. The molecular formula is C9H14O2. The average molecular weight is 154 g/mol. The summed E-state index contributed by atoms with van der Waals surface area (Å²) in [7, 11) is 0. The molecule has 0 unspecified atom stereocenters. The summed E-state index contributed by atoms with van der Waals surface area (Å²) >= 11 is 0. The molecule has 0 saturated carbocycles. The first-order valence-corrected chi connectivity index (χ1v) is 3.62. The van der Waals surface area contributed by atoms with E-state index in [1.165, 1.54) is 0 Å². The topological polar surface area (TPSA) is 37.3 Å². The Bertz CT molecular complexity index is 203. The van der Waals surface area contributed by atoms with E-state index >= 15 is 0 Å². The third-order valence-electron chi connectivity index (χ3n) is 1.93. The molecule has 0 aliphatic carbocycles. The maximum absolute atomic E-state index is 10.1. The van der Waals surface area contributed by atoms with Crippen molar-refractivity contribution < 1.29 is 9.90 Å². The highest BCUT2D eigenvalue weighted by molar-refractivity contribution is 5.86. The summed E-state index contributed by atoms with van der Waals surface area (Å²) in [4.78, 5) is 10.1. The Morgan fingerprint density at radius 3 is 2.18 bits per heavy atom. The zero-order valence-corrected chi connectivity index (χ0v) is 7.43. The highest BCUT2D eigenvalue weighted by atomic mass is 16.4. The third-order valence-corrected chi connectivity index (χ3v) is 1.93. The smallest absolute Gasteiger partial charge is 0.381 e. The first kappa shape index (κ1) is 10.0. The lowest BCUT2D eigenvalue weighted by atomic mass is 9.82. The second kappa shape index (κ2) is 3.43. The molecule has 0 aliphatic heterocycles. The zero-order valence-electron chi connectivity index (χ0n) is 7.43. The van der Waals surface area contributed by atoms with Crippen LogP contribution in [0.3, 0.4) is 0 Å². The van der Waals surface area contributed by atoms with Crippen LogP contribution in [0, 0.1) is 23.2 Å². The molecule has 2 heteroatoms. The predicted molar refractivity (Wildman–Crippen MR) is 44.0 cm³/mol. The lowest BCUT2D eigenvalue weighted by Crippen LogP contribution is -2.16. The van der Waals surface area contributed by atoms with Crippen LogP contribution in [0.5, 0.6) is 0 Å². The van der Waals surface area contributed by atoms with E-state index in [9.17, 15) is 4.79 Å². The van der Waals surface area contributed by atoms with Gasteiger partial charge < -0.3 is 5.11 Å². The number of carbonyl (C=O) groups is 1. The number of hydrogen-bond acceptors (Lipinski definition) is 1. The fourth-order valence-corrected chi connectivity index (χ4v) is 0.359. The van der Waals surface area contributed by atoms with Crippen LogP contribution in [-0.4, -0.2) is 11.1 Å². The van der Waals surface area contributed by atoms with Crippen molar-refractivity contribution in [1.82, 2.24) is 0 Å². The number of carboxylic acid groups (broad SMARTS) is 1. The molecule has 0 amide bonds. The standard InChI is InChI=1S/C9H14O2/c1-7(2)9(3,4)6-5-8(10)11/h7H,1-4H3,(H,10,11). The van der Waals surface area contributed by atoms with Crippen molar-refractivity contribution in [2.75, 3.05) is 0 Å². The van der Waals surface area contributed by atoms with Crippen molar-refractivity contribution in [2.24, 2.45) is 11.3 Å². The minimum atomic E-state index is -1.06. The molecular weight excluding hydrogens is 140 g/mol. The van der Waals surface area contributed by atoms with Gasteiger partial charge in [-0.15, -0.1) is 0 Å². The number of rotatable bonds is 1. The van der Waals surface area contributed by atoms with Crippen molar-refractivity contribution in [1.29, 1.82) is 0 Å².